The molecule has 19 heavy (non-hydrogen) atoms. The summed E-state index contributed by atoms with van der Waals surface area (Å²) in [5, 5.41) is 0. The molecule has 1 rings (SSSR count). The highest BCUT2D eigenvalue weighted by molar-refractivity contribution is 14.0. The SMILES string of the molecule is CCN(CC)C(N)=NC[C@H]1CCCN1S(C)(=O)=O.I. The van der Waals surface area contributed by atoms with Gasteiger partial charge in [0.05, 0.1) is 12.8 Å². The Kier molecular flexibility index (Phi) is 8.21. The number of rotatable bonds is 5. The summed E-state index contributed by atoms with van der Waals surface area (Å²) in [5.41, 5.74) is 5.88. The molecule has 0 radical (unpaired) electrons. The lowest BCUT2D eigenvalue weighted by Crippen LogP contribution is -2.40. The van der Waals surface area contributed by atoms with Crippen molar-refractivity contribution in [1.82, 2.24) is 9.21 Å². The molecule has 0 aromatic carbocycles. The predicted octanol–water partition coefficient (Wildman–Crippen LogP) is 0.685. The molecule has 2 N–H and O–H groups in total. The highest BCUT2D eigenvalue weighted by atomic mass is 127. The summed E-state index contributed by atoms with van der Waals surface area (Å²) in [6.45, 7) is 6.71. The maximum atomic E-state index is 11.6. The van der Waals surface area contributed by atoms with E-state index < -0.39 is 10.0 Å². The van der Waals surface area contributed by atoms with Crippen molar-refractivity contribution < 1.29 is 8.42 Å². The number of sulfonamides is 1. The lowest BCUT2D eigenvalue weighted by atomic mass is 10.2. The molecule has 0 unspecified atom stereocenters. The van der Waals surface area contributed by atoms with Crippen molar-refractivity contribution >= 4 is 40.0 Å². The van der Waals surface area contributed by atoms with Gasteiger partial charge in [-0.05, 0) is 26.7 Å². The van der Waals surface area contributed by atoms with Gasteiger partial charge >= 0.3 is 0 Å². The Morgan fingerprint density at radius 3 is 2.47 bits per heavy atom. The van der Waals surface area contributed by atoms with E-state index in [0.29, 0.717) is 19.0 Å². The van der Waals surface area contributed by atoms with Gasteiger partial charge < -0.3 is 10.6 Å². The van der Waals surface area contributed by atoms with E-state index in [4.69, 9.17) is 5.73 Å². The van der Waals surface area contributed by atoms with Crippen LogP contribution in [0.5, 0.6) is 0 Å². The van der Waals surface area contributed by atoms with Crippen LogP contribution in [0.3, 0.4) is 0 Å². The summed E-state index contributed by atoms with van der Waals surface area (Å²) in [6.07, 6.45) is 3.02. The van der Waals surface area contributed by atoms with Gasteiger partial charge in [0.2, 0.25) is 10.0 Å². The first-order valence-electron chi connectivity index (χ1n) is 6.41. The first-order valence-corrected chi connectivity index (χ1v) is 8.26. The third-order valence-corrected chi connectivity index (χ3v) is 4.63. The Labute approximate surface area is 133 Å². The maximum absolute atomic E-state index is 11.6. The lowest BCUT2D eigenvalue weighted by Gasteiger charge is -2.23. The van der Waals surface area contributed by atoms with Crippen LogP contribution >= 0.6 is 24.0 Å². The average molecular weight is 404 g/mol. The molecule has 114 valence electrons. The summed E-state index contributed by atoms with van der Waals surface area (Å²) >= 11 is 0. The molecular weight excluding hydrogens is 379 g/mol. The Hall–Kier alpha value is -0.0900. The van der Waals surface area contributed by atoms with Crippen LogP contribution in [0, 0.1) is 0 Å². The van der Waals surface area contributed by atoms with Crippen LogP contribution in [0.25, 0.3) is 0 Å². The lowest BCUT2D eigenvalue weighted by molar-refractivity contribution is 0.393. The molecule has 1 aliphatic heterocycles. The fourth-order valence-corrected chi connectivity index (χ4v) is 3.45. The molecule has 0 saturated carbocycles. The number of guanidine groups is 1. The van der Waals surface area contributed by atoms with Crippen molar-refractivity contribution in [1.29, 1.82) is 0 Å². The van der Waals surface area contributed by atoms with Gasteiger partial charge in [0.15, 0.2) is 5.96 Å². The summed E-state index contributed by atoms with van der Waals surface area (Å²) in [6, 6.07) is -0.0332. The van der Waals surface area contributed by atoms with Crippen molar-refractivity contribution in [2.75, 3.05) is 32.4 Å². The van der Waals surface area contributed by atoms with Gasteiger partial charge in [-0.15, -0.1) is 24.0 Å². The highest BCUT2D eigenvalue weighted by Gasteiger charge is 2.31. The van der Waals surface area contributed by atoms with E-state index in [9.17, 15) is 8.42 Å². The normalized spacial score (nSPS) is 21.2. The molecular formula is C11H25IN4O2S. The Bertz CT molecular complexity index is 395. The van der Waals surface area contributed by atoms with Crippen molar-refractivity contribution in [2.24, 2.45) is 10.7 Å². The number of aliphatic imine (C=N–C) groups is 1. The second-order valence-corrected chi connectivity index (χ2v) is 6.48. The molecule has 1 saturated heterocycles. The molecule has 0 spiro atoms. The third-order valence-electron chi connectivity index (χ3n) is 3.30. The number of hydrogen-bond donors (Lipinski definition) is 1. The number of nitrogens with two attached hydrogens (primary N) is 1. The van der Waals surface area contributed by atoms with Crippen LogP contribution in [-0.2, 0) is 10.0 Å². The summed E-state index contributed by atoms with van der Waals surface area (Å²) in [4.78, 5) is 6.28. The number of hydrogen-bond acceptors (Lipinski definition) is 3. The smallest absolute Gasteiger partial charge is 0.211 e. The minimum Gasteiger partial charge on any atom is -0.370 e. The van der Waals surface area contributed by atoms with Gasteiger partial charge in [0.1, 0.15) is 0 Å². The van der Waals surface area contributed by atoms with E-state index in [1.807, 2.05) is 18.7 Å². The Morgan fingerprint density at radius 1 is 1.42 bits per heavy atom. The topological polar surface area (TPSA) is 79.0 Å². The van der Waals surface area contributed by atoms with Crippen LogP contribution in [0.1, 0.15) is 26.7 Å². The molecule has 0 bridgehead atoms. The van der Waals surface area contributed by atoms with E-state index >= 15 is 0 Å². The molecule has 0 aromatic heterocycles. The van der Waals surface area contributed by atoms with Crippen LogP contribution in [-0.4, -0.2) is 62.1 Å². The summed E-state index contributed by atoms with van der Waals surface area (Å²) in [5.74, 6) is 0.500. The predicted molar refractivity (Wildman–Crippen MR) is 89.4 cm³/mol. The zero-order valence-corrected chi connectivity index (χ0v) is 15.0. The molecule has 1 fully saturated rings. The molecule has 0 amide bonds. The van der Waals surface area contributed by atoms with E-state index in [2.05, 4.69) is 4.99 Å². The van der Waals surface area contributed by atoms with Crippen molar-refractivity contribution in [3.05, 3.63) is 0 Å². The zero-order chi connectivity index (χ0) is 13.8. The largest absolute Gasteiger partial charge is 0.370 e. The molecule has 0 aliphatic carbocycles. The summed E-state index contributed by atoms with van der Waals surface area (Å²) in [7, 11) is -3.12. The van der Waals surface area contributed by atoms with Crippen LogP contribution < -0.4 is 5.73 Å². The van der Waals surface area contributed by atoms with Crippen LogP contribution in [0.4, 0.5) is 0 Å². The van der Waals surface area contributed by atoms with Gasteiger partial charge in [0, 0.05) is 25.7 Å². The van der Waals surface area contributed by atoms with Gasteiger partial charge in [-0.1, -0.05) is 0 Å². The van der Waals surface area contributed by atoms with Crippen LogP contribution in [0.2, 0.25) is 0 Å². The summed E-state index contributed by atoms with van der Waals surface area (Å²) < 4.78 is 24.7. The first-order chi connectivity index (χ1) is 8.40. The van der Waals surface area contributed by atoms with Gasteiger partial charge in [0.25, 0.3) is 0 Å². The molecule has 8 heteroatoms. The molecule has 1 aliphatic rings. The molecule has 1 heterocycles. The fraction of sp³-hybridized carbons (Fsp3) is 0.909. The van der Waals surface area contributed by atoms with E-state index in [0.717, 1.165) is 25.9 Å². The highest BCUT2D eigenvalue weighted by Crippen LogP contribution is 2.20. The maximum Gasteiger partial charge on any atom is 0.211 e. The average Bonchev–Trinajstić information content (AvgIpc) is 2.75. The minimum absolute atomic E-state index is 0. The van der Waals surface area contributed by atoms with Crippen LogP contribution in [0.15, 0.2) is 4.99 Å². The zero-order valence-electron chi connectivity index (χ0n) is 11.9. The quantitative estimate of drug-likeness (QED) is 0.416. The number of halogens is 1. The van der Waals surface area contributed by atoms with E-state index in [1.54, 1.807) is 0 Å². The third kappa shape index (κ3) is 5.42. The first kappa shape index (κ1) is 18.9. The standard InChI is InChI=1S/C11H24N4O2S.HI/c1-4-14(5-2)11(12)13-9-10-7-6-8-15(10)18(3,16)17;/h10H,4-9H2,1-3H3,(H2,12,13);1H/t10-;/m1./s1. The molecule has 1 atom stereocenters. The fourth-order valence-electron chi connectivity index (χ4n) is 2.27. The van der Waals surface area contributed by atoms with E-state index in [1.165, 1.54) is 10.6 Å². The Balaban J connectivity index is 0.00000324. The number of nitrogens with zero attached hydrogens (tertiary/aromatic N) is 3. The monoisotopic (exact) mass is 404 g/mol. The molecule has 6 nitrogen and oxygen atoms in total. The van der Waals surface area contributed by atoms with Gasteiger partial charge in [-0.2, -0.15) is 4.31 Å². The minimum atomic E-state index is -3.12. The van der Waals surface area contributed by atoms with Crippen molar-refractivity contribution in [3.8, 4) is 0 Å². The Morgan fingerprint density at radius 2 is 2.00 bits per heavy atom. The van der Waals surface area contributed by atoms with E-state index in [-0.39, 0.29) is 30.0 Å². The van der Waals surface area contributed by atoms with Gasteiger partial charge in [-0.3, -0.25) is 4.99 Å². The van der Waals surface area contributed by atoms with Crippen molar-refractivity contribution in [3.63, 3.8) is 0 Å². The van der Waals surface area contributed by atoms with Gasteiger partial charge in [-0.25, -0.2) is 8.42 Å². The van der Waals surface area contributed by atoms with Crippen molar-refractivity contribution in [2.45, 2.75) is 32.7 Å². The second-order valence-electron chi connectivity index (χ2n) is 4.54. The molecule has 0 aromatic rings. The second kappa shape index (κ2) is 8.25.